The molecule has 4 heteroatoms. The second-order valence-corrected chi connectivity index (χ2v) is 6.02. The normalized spacial score (nSPS) is 24.8. The average Bonchev–Trinajstić information content (AvgIpc) is 2.92. The fraction of sp³-hybridized carbons (Fsp3) is 0.786. The van der Waals surface area contributed by atoms with Gasteiger partial charge < -0.3 is 14.8 Å². The minimum atomic E-state index is 0.515. The largest absolute Gasteiger partial charge is 0.327 e. The van der Waals surface area contributed by atoms with E-state index in [9.17, 15) is 0 Å². The Morgan fingerprint density at radius 3 is 2.89 bits per heavy atom. The fourth-order valence-corrected chi connectivity index (χ4v) is 3.29. The highest BCUT2D eigenvalue weighted by Crippen LogP contribution is 2.30. The molecule has 0 radical (unpaired) electrons. The first-order valence-corrected chi connectivity index (χ1v) is 7.16. The molecule has 3 heterocycles. The fourth-order valence-electron chi connectivity index (χ4n) is 3.29. The van der Waals surface area contributed by atoms with E-state index in [-0.39, 0.29) is 0 Å². The van der Waals surface area contributed by atoms with Crippen molar-refractivity contribution in [3.63, 3.8) is 0 Å². The lowest BCUT2D eigenvalue weighted by Gasteiger charge is -2.22. The highest BCUT2D eigenvalue weighted by molar-refractivity contribution is 5.23. The number of imidazole rings is 1. The van der Waals surface area contributed by atoms with Crippen LogP contribution < -0.4 is 5.32 Å². The molecule has 1 N–H and O–H groups in total. The van der Waals surface area contributed by atoms with Crippen molar-refractivity contribution in [3.8, 4) is 0 Å². The van der Waals surface area contributed by atoms with E-state index < -0.39 is 0 Å². The first kappa shape index (κ1) is 12.2. The third-order valence-electron chi connectivity index (χ3n) is 4.20. The number of likely N-dealkylation sites (N-methyl/N-ethyl adjacent to an activating group) is 1. The van der Waals surface area contributed by atoms with Crippen LogP contribution in [0.3, 0.4) is 0 Å². The van der Waals surface area contributed by atoms with E-state index in [1.54, 1.807) is 0 Å². The molecular weight excluding hydrogens is 224 g/mol. The molecule has 0 amide bonds. The summed E-state index contributed by atoms with van der Waals surface area (Å²) in [4.78, 5) is 7.33. The maximum atomic E-state index is 4.90. The maximum absolute atomic E-state index is 4.90. The SMILES string of the molecule is CC(C)c1nc2c(n1C1CCN(C)C1)CCNC2. The lowest BCUT2D eigenvalue weighted by molar-refractivity contribution is 0.383. The molecule has 1 atom stereocenters. The van der Waals surface area contributed by atoms with Gasteiger partial charge in [-0.1, -0.05) is 13.8 Å². The molecule has 1 aromatic rings. The smallest absolute Gasteiger partial charge is 0.112 e. The van der Waals surface area contributed by atoms with Crippen molar-refractivity contribution < 1.29 is 0 Å². The summed E-state index contributed by atoms with van der Waals surface area (Å²) in [6.45, 7) is 8.96. The predicted molar refractivity (Wildman–Crippen MR) is 72.9 cm³/mol. The van der Waals surface area contributed by atoms with Crippen LogP contribution in [-0.4, -0.2) is 41.1 Å². The summed E-state index contributed by atoms with van der Waals surface area (Å²) < 4.78 is 2.57. The van der Waals surface area contributed by atoms with Crippen LogP contribution in [0.25, 0.3) is 0 Å². The van der Waals surface area contributed by atoms with E-state index >= 15 is 0 Å². The van der Waals surface area contributed by atoms with E-state index in [0.717, 1.165) is 19.5 Å². The predicted octanol–water partition coefficient (Wildman–Crippen LogP) is 1.53. The molecule has 18 heavy (non-hydrogen) atoms. The van der Waals surface area contributed by atoms with E-state index in [1.807, 2.05) is 0 Å². The van der Waals surface area contributed by atoms with Crippen LogP contribution in [0.5, 0.6) is 0 Å². The summed E-state index contributed by atoms with van der Waals surface area (Å²) in [7, 11) is 2.22. The third kappa shape index (κ3) is 1.97. The van der Waals surface area contributed by atoms with E-state index in [1.165, 1.54) is 36.7 Å². The van der Waals surface area contributed by atoms with E-state index in [4.69, 9.17) is 4.98 Å². The number of nitrogens with one attached hydrogen (secondary N) is 1. The zero-order valence-corrected chi connectivity index (χ0v) is 11.7. The molecule has 100 valence electrons. The minimum absolute atomic E-state index is 0.515. The molecule has 1 unspecified atom stereocenters. The number of fused-ring (bicyclic) bond motifs is 1. The molecule has 1 saturated heterocycles. The maximum Gasteiger partial charge on any atom is 0.112 e. The Morgan fingerprint density at radius 2 is 2.22 bits per heavy atom. The Kier molecular flexibility index (Phi) is 3.16. The lowest BCUT2D eigenvalue weighted by atomic mass is 10.1. The summed E-state index contributed by atoms with van der Waals surface area (Å²) in [6, 6.07) is 0.641. The van der Waals surface area contributed by atoms with Crippen LogP contribution >= 0.6 is 0 Å². The van der Waals surface area contributed by atoms with Crippen molar-refractivity contribution >= 4 is 0 Å². The summed E-state index contributed by atoms with van der Waals surface area (Å²) in [5.41, 5.74) is 2.79. The van der Waals surface area contributed by atoms with Crippen molar-refractivity contribution in [2.45, 2.75) is 45.2 Å². The van der Waals surface area contributed by atoms with Gasteiger partial charge in [-0.3, -0.25) is 0 Å². The Labute approximate surface area is 109 Å². The quantitative estimate of drug-likeness (QED) is 0.861. The number of hydrogen-bond donors (Lipinski definition) is 1. The van der Waals surface area contributed by atoms with Gasteiger partial charge in [0.1, 0.15) is 5.82 Å². The minimum Gasteiger partial charge on any atom is -0.327 e. The Morgan fingerprint density at radius 1 is 1.39 bits per heavy atom. The van der Waals surface area contributed by atoms with E-state index in [2.05, 4.69) is 35.7 Å². The number of aromatic nitrogens is 2. The van der Waals surface area contributed by atoms with Gasteiger partial charge in [-0.2, -0.15) is 0 Å². The van der Waals surface area contributed by atoms with Crippen LogP contribution in [0.4, 0.5) is 0 Å². The summed E-state index contributed by atoms with van der Waals surface area (Å²) >= 11 is 0. The number of rotatable bonds is 2. The van der Waals surface area contributed by atoms with Crippen LogP contribution in [0, 0.1) is 0 Å². The Bertz CT molecular complexity index is 435. The average molecular weight is 248 g/mol. The molecule has 2 aliphatic heterocycles. The van der Waals surface area contributed by atoms with Crippen LogP contribution in [-0.2, 0) is 13.0 Å². The van der Waals surface area contributed by atoms with Crippen molar-refractivity contribution in [3.05, 3.63) is 17.2 Å². The molecule has 4 nitrogen and oxygen atoms in total. The molecule has 2 aliphatic rings. The van der Waals surface area contributed by atoms with Crippen LogP contribution in [0.1, 0.15) is 49.4 Å². The second-order valence-electron chi connectivity index (χ2n) is 6.02. The van der Waals surface area contributed by atoms with Gasteiger partial charge in [0.05, 0.1) is 5.69 Å². The van der Waals surface area contributed by atoms with E-state index in [0.29, 0.717) is 12.0 Å². The van der Waals surface area contributed by atoms with Crippen LogP contribution in [0.2, 0.25) is 0 Å². The highest BCUT2D eigenvalue weighted by atomic mass is 15.2. The molecule has 0 aliphatic carbocycles. The number of likely N-dealkylation sites (tertiary alicyclic amines) is 1. The molecular formula is C14H24N4. The molecule has 1 aromatic heterocycles. The molecule has 0 saturated carbocycles. The van der Waals surface area contributed by atoms with Gasteiger partial charge in [-0.05, 0) is 20.0 Å². The number of nitrogens with zero attached hydrogens (tertiary/aromatic N) is 3. The monoisotopic (exact) mass is 248 g/mol. The highest BCUT2D eigenvalue weighted by Gasteiger charge is 2.29. The first-order chi connectivity index (χ1) is 8.66. The van der Waals surface area contributed by atoms with Gasteiger partial charge in [0.15, 0.2) is 0 Å². The zero-order chi connectivity index (χ0) is 12.7. The van der Waals surface area contributed by atoms with Crippen molar-refractivity contribution in [2.75, 3.05) is 26.7 Å². The molecule has 0 spiro atoms. The summed E-state index contributed by atoms with van der Waals surface area (Å²) in [5, 5.41) is 3.43. The lowest BCUT2D eigenvalue weighted by Crippen LogP contribution is -2.27. The summed E-state index contributed by atoms with van der Waals surface area (Å²) in [6.07, 6.45) is 2.40. The van der Waals surface area contributed by atoms with Crippen molar-refractivity contribution in [1.82, 2.24) is 19.8 Å². The van der Waals surface area contributed by atoms with Gasteiger partial charge in [0, 0.05) is 43.7 Å². The van der Waals surface area contributed by atoms with Crippen molar-refractivity contribution in [1.29, 1.82) is 0 Å². The van der Waals surface area contributed by atoms with Gasteiger partial charge in [0.25, 0.3) is 0 Å². The molecule has 0 aromatic carbocycles. The van der Waals surface area contributed by atoms with Gasteiger partial charge >= 0.3 is 0 Å². The molecule has 1 fully saturated rings. The second kappa shape index (κ2) is 4.67. The molecule has 0 bridgehead atoms. The van der Waals surface area contributed by atoms with Crippen molar-refractivity contribution in [2.24, 2.45) is 0 Å². The van der Waals surface area contributed by atoms with Gasteiger partial charge in [-0.15, -0.1) is 0 Å². The Balaban J connectivity index is 2.02. The van der Waals surface area contributed by atoms with Gasteiger partial charge in [-0.25, -0.2) is 4.98 Å². The summed E-state index contributed by atoms with van der Waals surface area (Å²) in [5.74, 6) is 1.81. The topological polar surface area (TPSA) is 33.1 Å². The molecule has 3 rings (SSSR count). The third-order valence-corrected chi connectivity index (χ3v) is 4.20. The first-order valence-electron chi connectivity index (χ1n) is 7.16. The van der Waals surface area contributed by atoms with Gasteiger partial charge in [0.2, 0.25) is 0 Å². The van der Waals surface area contributed by atoms with Crippen LogP contribution in [0.15, 0.2) is 0 Å². The number of hydrogen-bond acceptors (Lipinski definition) is 3. The zero-order valence-electron chi connectivity index (χ0n) is 11.7. The standard InChI is InChI=1S/C14H24N4/c1-10(2)14-16-12-8-15-6-4-13(12)18(14)11-5-7-17(3)9-11/h10-11,15H,4-9H2,1-3H3. The Hall–Kier alpha value is -0.870.